The highest BCUT2D eigenvalue weighted by atomic mass is 16.5. The number of hydrogen-bond acceptors (Lipinski definition) is 4. The van der Waals surface area contributed by atoms with Crippen molar-refractivity contribution in [3.05, 3.63) is 29.8 Å². The van der Waals surface area contributed by atoms with Crippen LogP contribution in [0, 0.1) is 5.41 Å². The van der Waals surface area contributed by atoms with Crippen molar-refractivity contribution in [3.63, 3.8) is 0 Å². The molecule has 0 amide bonds. The van der Waals surface area contributed by atoms with Gasteiger partial charge in [0.05, 0.1) is 19.8 Å². The molecule has 162 valence electrons. The predicted octanol–water partition coefficient (Wildman–Crippen LogP) is 2.91. The van der Waals surface area contributed by atoms with Gasteiger partial charge in [-0.25, -0.2) is 4.99 Å². The van der Waals surface area contributed by atoms with Crippen LogP contribution in [0.4, 0.5) is 5.69 Å². The Bertz CT molecular complexity index is 615. The third kappa shape index (κ3) is 6.61. The molecule has 0 atom stereocenters. The highest BCUT2D eigenvalue weighted by Gasteiger charge is 2.31. The molecule has 2 fully saturated rings. The van der Waals surface area contributed by atoms with Crippen molar-refractivity contribution in [2.75, 3.05) is 50.9 Å². The Labute approximate surface area is 175 Å². The molecule has 29 heavy (non-hydrogen) atoms. The molecule has 1 aliphatic heterocycles. The van der Waals surface area contributed by atoms with Crippen molar-refractivity contribution >= 4 is 11.6 Å². The zero-order valence-electron chi connectivity index (χ0n) is 18.0. The van der Waals surface area contributed by atoms with Crippen molar-refractivity contribution in [3.8, 4) is 0 Å². The smallest absolute Gasteiger partial charge is 0.191 e. The maximum Gasteiger partial charge on any atom is 0.191 e. The van der Waals surface area contributed by atoms with Gasteiger partial charge in [0.25, 0.3) is 0 Å². The molecule has 1 aromatic carbocycles. The number of aliphatic hydroxyl groups excluding tert-OH is 1. The van der Waals surface area contributed by atoms with Gasteiger partial charge in [-0.2, -0.15) is 0 Å². The quantitative estimate of drug-likeness (QED) is 0.461. The maximum atomic E-state index is 9.54. The summed E-state index contributed by atoms with van der Waals surface area (Å²) in [6.45, 7) is 8.28. The predicted molar refractivity (Wildman–Crippen MR) is 120 cm³/mol. The van der Waals surface area contributed by atoms with E-state index in [1.165, 1.54) is 43.4 Å². The molecular formula is C23H38N4O2. The van der Waals surface area contributed by atoms with E-state index in [2.05, 4.69) is 46.7 Å². The summed E-state index contributed by atoms with van der Waals surface area (Å²) in [4.78, 5) is 7.17. The number of benzene rings is 1. The van der Waals surface area contributed by atoms with Crippen LogP contribution < -0.4 is 15.5 Å². The highest BCUT2D eigenvalue weighted by Crippen LogP contribution is 2.38. The molecule has 6 nitrogen and oxygen atoms in total. The Morgan fingerprint density at radius 3 is 2.48 bits per heavy atom. The minimum atomic E-state index is 0.211. The summed E-state index contributed by atoms with van der Waals surface area (Å²) in [7, 11) is 0. The van der Waals surface area contributed by atoms with Gasteiger partial charge in [0.15, 0.2) is 5.96 Å². The SMILES string of the molecule is CCNC(=NCc1ccc(N2CCOCC2)cc1)NCC1(CCO)CCCCC1. The molecule has 1 saturated heterocycles. The molecule has 6 heteroatoms. The van der Waals surface area contributed by atoms with Gasteiger partial charge in [0, 0.05) is 38.5 Å². The van der Waals surface area contributed by atoms with E-state index in [9.17, 15) is 5.11 Å². The van der Waals surface area contributed by atoms with E-state index < -0.39 is 0 Å². The summed E-state index contributed by atoms with van der Waals surface area (Å²) in [5.41, 5.74) is 2.68. The molecule has 3 N–H and O–H groups in total. The van der Waals surface area contributed by atoms with Crippen LogP contribution >= 0.6 is 0 Å². The minimum absolute atomic E-state index is 0.211. The number of ether oxygens (including phenoxy) is 1. The molecule has 1 saturated carbocycles. The van der Waals surface area contributed by atoms with Crippen molar-refractivity contribution in [1.82, 2.24) is 10.6 Å². The lowest BCUT2D eigenvalue weighted by Gasteiger charge is -2.37. The van der Waals surface area contributed by atoms with Crippen LogP contribution in [0.3, 0.4) is 0 Å². The van der Waals surface area contributed by atoms with Crippen LogP contribution in [-0.4, -0.2) is 57.1 Å². The third-order valence-electron chi connectivity index (χ3n) is 6.26. The van der Waals surface area contributed by atoms with Gasteiger partial charge in [0.1, 0.15) is 0 Å². The van der Waals surface area contributed by atoms with Crippen molar-refractivity contribution in [2.45, 2.75) is 52.0 Å². The lowest BCUT2D eigenvalue weighted by Crippen LogP contribution is -2.44. The third-order valence-corrected chi connectivity index (χ3v) is 6.26. The van der Waals surface area contributed by atoms with Crippen LogP contribution in [-0.2, 0) is 11.3 Å². The average molecular weight is 403 g/mol. The number of hydrogen-bond donors (Lipinski definition) is 3. The first-order valence-electron chi connectivity index (χ1n) is 11.3. The van der Waals surface area contributed by atoms with Gasteiger partial charge in [-0.15, -0.1) is 0 Å². The zero-order chi connectivity index (χ0) is 20.4. The molecular weight excluding hydrogens is 364 g/mol. The number of guanidine groups is 1. The normalized spacial score (nSPS) is 19.8. The van der Waals surface area contributed by atoms with Crippen LogP contribution in [0.1, 0.15) is 51.0 Å². The molecule has 0 bridgehead atoms. The maximum absolute atomic E-state index is 9.54. The first-order valence-corrected chi connectivity index (χ1v) is 11.3. The second kappa shape index (κ2) is 11.4. The van der Waals surface area contributed by atoms with Gasteiger partial charge in [-0.3, -0.25) is 0 Å². The van der Waals surface area contributed by atoms with E-state index in [-0.39, 0.29) is 12.0 Å². The van der Waals surface area contributed by atoms with E-state index in [0.29, 0.717) is 6.54 Å². The van der Waals surface area contributed by atoms with Crippen LogP contribution in [0.15, 0.2) is 29.3 Å². The van der Waals surface area contributed by atoms with Crippen LogP contribution in [0.5, 0.6) is 0 Å². The number of aliphatic hydroxyl groups is 1. The number of rotatable bonds is 8. The molecule has 0 aromatic heterocycles. The Balaban J connectivity index is 1.56. The number of nitrogens with one attached hydrogen (secondary N) is 2. The monoisotopic (exact) mass is 402 g/mol. The van der Waals surface area contributed by atoms with E-state index >= 15 is 0 Å². The zero-order valence-corrected chi connectivity index (χ0v) is 18.0. The lowest BCUT2D eigenvalue weighted by atomic mass is 9.72. The van der Waals surface area contributed by atoms with Crippen molar-refractivity contribution < 1.29 is 9.84 Å². The molecule has 3 rings (SSSR count). The van der Waals surface area contributed by atoms with E-state index in [0.717, 1.165) is 51.8 Å². The topological polar surface area (TPSA) is 69.1 Å². The van der Waals surface area contributed by atoms with Gasteiger partial charge in [-0.1, -0.05) is 31.4 Å². The fraction of sp³-hybridized carbons (Fsp3) is 0.696. The standard InChI is InChI=1S/C23H38N4O2/c1-2-24-22(26-19-23(12-15-28)10-4-3-5-11-23)25-18-20-6-8-21(9-7-20)27-13-16-29-17-14-27/h6-9,28H,2-5,10-19H2,1H3,(H2,24,25,26). The van der Waals surface area contributed by atoms with Crippen molar-refractivity contribution in [1.29, 1.82) is 0 Å². The van der Waals surface area contributed by atoms with Crippen LogP contribution in [0.2, 0.25) is 0 Å². The van der Waals surface area contributed by atoms with E-state index in [1.807, 2.05) is 0 Å². The number of anilines is 1. The fourth-order valence-electron chi connectivity index (χ4n) is 4.47. The minimum Gasteiger partial charge on any atom is -0.396 e. The summed E-state index contributed by atoms with van der Waals surface area (Å²) in [6.07, 6.45) is 7.13. The van der Waals surface area contributed by atoms with Gasteiger partial charge >= 0.3 is 0 Å². The second-order valence-corrected chi connectivity index (χ2v) is 8.35. The largest absolute Gasteiger partial charge is 0.396 e. The molecule has 0 spiro atoms. The second-order valence-electron chi connectivity index (χ2n) is 8.35. The van der Waals surface area contributed by atoms with Crippen LogP contribution in [0.25, 0.3) is 0 Å². The molecule has 0 radical (unpaired) electrons. The highest BCUT2D eigenvalue weighted by molar-refractivity contribution is 5.79. The summed E-state index contributed by atoms with van der Waals surface area (Å²) >= 11 is 0. The molecule has 1 aromatic rings. The average Bonchev–Trinajstić information content (AvgIpc) is 2.77. The van der Waals surface area contributed by atoms with E-state index in [4.69, 9.17) is 9.73 Å². The Morgan fingerprint density at radius 1 is 1.10 bits per heavy atom. The first kappa shape index (κ1) is 21.9. The van der Waals surface area contributed by atoms with Gasteiger partial charge in [-0.05, 0) is 49.3 Å². The number of aliphatic imine (C=N–C) groups is 1. The van der Waals surface area contributed by atoms with Gasteiger partial charge in [0.2, 0.25) is 0 Å². The Hall–Kier alpha value is -1.79. The van der Waals surface area contributed by atoms with Crippen molar-refractivity contribution in [2.24, 2.45) is 10.4 Å². The summed E-state index contributed by atoms with van der Waals surface area (Å²) in [6, 6.07) is 8.72. The molecule has 2 aliphatic rings. The summed E-state index contributed by atoms with van der Waals surface area (Å²) in [5, 5.41) is 16.5. The fourth-order valence-corrected chi connectivity index (χ4v) is 4.47. The Kier molecular flexibility index (Phi) is 8.62. The summed E-state index contributed by atoms with van der Waals surface area (Å²) in [5.74, 6) is 0.868. The Morgan fingerprint density at radius 2 is 1.83 bits per heavy atom. The molecule has 1 aliphatic carbocycles. The summed E-state index contributed by atoms with van der Waals surface area (Å²) < 4.78 is 5.43. The number of morpholine rings is 1. The number of nitrogens with zero attached hydrogens (tertiary/aromatic N) is 2. The molecule has 0 unspecified atom stereocenters. The van der Waals surface area contributed by atoms with Gasteiger partial charge < -0.3 is 25.4 Å². The molecule has 1 heterocycles. The van der Waals surface area contributed by atoms with E-state index in [1.54, 1.807) is 0 Å². The lowest BCUT2D eigenvalue weighted by molar-refractivity contribution is 0.122. The first-order chi connectivity index (χ1) is 14.2.